The third-order valence-electron chi connectivity index (χ3n) is 3.85. The SMILES string of the molecule is CCN(C)CCNC1CC(C)CC(C)(C)C1. The van der Waals surface area contributed by atoms with Gasteiger partial charge in [0.1, 0.15) is 0 Å². The molecule has 0 aromatic carbocycles. The zero-order chi connectivity index (χ0) is 12.2. The predicted molar refractivity (Wildman–Crippen MR) is 71.8 cm³/mol. The topological polar surface area (TPSA) is 15.3 Å². The van der Waals surface area contributed by atoms with Gasteiger partial charge in [0.25, 0.3) is 0 Å². The van der Waals surface area contributed by atoms with Crippen LogP contribution in [-0.2, 0) is 0 Å². The molecule has 0 amide bonds. The van der Waals surface area contributed by atoms with E-state index in [2.05, 4.69) is 45.0 Å². The molecule has 0 radical (unpaired) electrons. The highest BCUT2D eigenvalue weighted by atomic mass is 15.1. The molecule has 0 aromatic heterocycles. The van der Waals surface area contributed by atoms with Crippen molar-refractivity contribution in [1.82, 2.24) is 10.2 Å². The van der Waals surface area contributed by atoms with Crippen molar-refractivity contribution in [1.29, 1.82) is 0 Å². The molecule has 1 fully saturated rings. The standard InChI is InChI=1S/C14H30N2/c1-6-16(5)8-7-15-13-9-12(2)10-14(3,4)11-13/h12-13,15H,6-11H2,1-5H3. The van der Waals surface area contributed by atoms with Crippen LogP contribution in [-0.4, -0.2) is 37.6 Å². The average Bonchev–Trinajstić information content (AvgIpc) is 2.14. The van der Waals surface area contributed by atoms with Gasteiger partial charge in [0.05, 0.1) is 0 Å². The fraction of sp³-hybridized carbons (Fsp3) is 1.00. The minimum Gasteiger partial charge on any atom is -0.313 e. The van der Waals surface area contributed by atoms with Gasteiger partial charge in [-0.1, -0.05) is 27.7 Å². The van der Waals surface area contributed by atoms with Crippen molar-refractivity contribution >= 4 is 0 Å². The molecule has 1 rings (SSSR count). The molecule has 1 saturated carbocycles. The quantitative estimate of drug-likeness (QED) is 0.775. The van der Waals surface area contributed by atoms with Gasteiger partial charge in [-0.05, 0) is 44.2 Å². The molecular weight excluding hydrogens is 196 g/mol. The summed E-state index contributed by atoms with van der Waals surface area (Å²) >= 11 is 0. The molecule has 0 spiro atoms. The number of nitrogens with zero attached hydrogens (tertiary/aromatic N) is 1. The second-order valence-corrected chi connectivity index (χ2v) is 6.46. The maximum atomic E-state index is 3.73. The Morgan fingerprint density at radius 2 is 2.00 bits per heavy atom. The lowest BCUT2D eigenvalue weighted by Crippen LogP contribution is -2.42. The number of hydrogen-bond acceptors (Lipinski definition) is 2. The van der Waals surface area contributed by atoms with Crippen LogP contribution in [0.1, 0.15) is 47.0 Å². The van der Waals surface area contributed by atoms with Crippen LogP contribution >= 0.6 is 0 Å². The van der Waals surface area contributed by atoms with E-state index in [4.69, 9.17) is 0 Å². The minimum absolute atomic E-state index is 0.534. The van der Waals surface area contributed by atoms with Crippen LogP contribution in [0.15, 0.2) is 0 Å². The summed E-state index contributed by atoms with van der Waals surface area (Å²) in [4.78, 5) is 2.37. The van der Waals surface area contributed by atoms with Gasteiger partial charge < -0.3 is 10.2 Å². The van der Waals surface area contributed by atoms with Crippen molar-refractivity contribution in [3.05, 3.63) is 0 Å². The Morgan fingerprint density at radius 1 is 1.31 bits per heavy atom. The number of likely N-dealkylation sites (N-methyl/N-ethyl adjacent to an activating group) is 1. The average molecular weight is 226 g/mol. The summed E-state index contributed by atoms with van der Waals surface area (Å²) in [5.74, 6) is 0.880. The van der Waals surface area contributed by atoms with Gasteiger partial charge in [0.15, 0.2) is 0 Å². The van der Waals surface area contributed by atoms with Crippen molar-refractivity contribution in [2.45, 2.75) is 53.0 Å². The number of nitrogens with one attached hydrogen (secondary N) is 1. The Bertz CT molecular complexity index is 201. The molecule has 2 unspecified atom stereocenters. The van der Waals surface area contributed by atoms with Crippen LogP contribution in [0, 0.1) is 11.3 Å². The maximum absolute atomic E-state index is 3.73. The van der Waals surface area contributed by atoms with Crippen LogP contribution in [0.2, 0.25) is 0 Å². The number of hydrogen-bond donors (Lipinski definition) is 1. The first-order chi connectivity index (χ1) is 7.43. The molecule has 1 N–H and O–H groups in total. The van der Waals surface area contributed by atoms with Crippen LogP contribution in [0.5, 0.6) is 0 Å². The van der Waals surface area contributed by atoms with E-state index < -0.39 is 0 Å². The van der Waals surface area contributed by atoms with Crippen LogP contribution in [0.3, 0.4) is 0 Å². The Labute approximate surface area is 102 Å². The monoisotopic (exact) mass is 226 g/mol. The molecule has 1 aliphatic rings. The van der Waals surface area contributed by atoms with Crippen LogP contribution in [0.25, 0.3) is 0 Å². The fourth-order valence-electron chi connectivity index (χ4n) is 3.12. The lowest BCUT2D eigenvalue weighted by atomic mass is 9.70. The minimum atomic E-state index is 0.534. The number of rotatable bonds is 5. The summed E-state index contributed by atoms with van der Waals surface area (Å²) < 4.78 is 0. The van der Waals surface area contributed by atoms with Crippen molar-refractivity contribution < 1.29 is 0 Å². The van der Waals surface area contributed by atoms with Gasteiger partial charge >= 0.3 is 0 Å². The highest BCUT2D eigenvalue weighted by molar-refractivity contribution is 4.86. The van der Waals surface area contributed by atoms with E-state index in [0.29, 0.717) is 5.41 Å². The molecule has 0 aromatic rings. The molecule has 0 saturated heterocycles. The van der Waals surface area contributed by atoms with Crippen molar-refractivity contribution in [2.75, 3.05) is 26.7 Å². The third-order valence-corrected chi connectivity index (χ3v) is 3.85. The van der Waals surface area contributed by atoms with E-state index in [0.717, 1.165) is 25.0 Å². The zero-order valence-corrected chi connectivity index (χ0v) is 11.8. The van der Waals surface area contributed by atoms with E-state index in [9.17, 15) is 0 Å². The largest absolute Gasteiger partial charge is 0.313 e. The molecule has 0 bridgehead atoms. The molecular formula is C14H30N2. The lowest BCUT2D eigenvalue weighted by Gasteiger charge is -2.39. The van der Waals surface area contributed by atoms with Crippen molar-refractivity contribution in [3.63, 3.8) is 0 Å². The molecule has 1 aliphatic carbocycles. The van der Waals surface area contributed by atoms with Gasteiger partial charge in [0.2, 0.25) is 0 Å². The van der Waals surface area contributed by atoms with Crippen LogP contribution in [0.4, 0.5) is 0 Å². The summed E-state index contributed by atoms with van der Waals surface area (Å²) in [5.41, 5.74) is 0.534. The van der Waals surface area contributed by atoms with Crippen molar-refractivity contribution in [3.8, 4) is 0 Å². The lowest BCUT2D eigenvalue weighted by molar-refractivity contribution is 0.149. The zero-order valence-electron chi connectivity index (χ0n) is 11.8. The molecule has 2 atom stereocenters. The highest BCUT2D eigenvalue weighted by Crippen LogP contribution is 2.38. The van der Waals surface area contributed by atoms with E-state index in [1.165, 1.54) is 25.8 Å². The summed E-state index contributed by atoms with van der Waals surface area (Å²) in [5, 5.41) is 3.73. The van der Waals surface area contributed by atoms with E-state index in [1.54, 1.807) is 0 Å². The van der Waals surface area contributed by atoms with E-state index in [1.807, 2.05) is 0 Å². The van der Waals surface area contributed by atoms with Gasteiger partial charge in [-0.25, -0.2) is 0 Å². The second-order valence-electron chi connectivity index (χ2n) is 6.46. The van der Waals surface area contributed by atoms with E-state index in [-0.39, 0.29) is 0 Å². The second kappa shape index (κ2) is 6.02. The molecule has 0 heterocycles. The first-order valence-electron chi connectivity index (χ1n) is 6.85. The van der Waals surface area contributed by atoms with Gasteiger partial charge in [-0.3, -0.25) is 0 Å². The highest BCUT2D eigenvalue weighted by Gasteiger charge is 2.31. The third kappa shape index (κ3) is 4.84. The molecule has 0 aliphatic heterocycles. The normalized spacial score (nSPS) is 29.6. The Morgan fingerprint density at radius 3 is 2.56 bits per heavy atom. The summed E-state index contributed by atoms with van der Waals surface area (Å²) in [6.07, 6.45) is 4.09. The molecule has 96 valence electrons. The fourth-order valence-corrected chi connectivity index (χ4v) is 3.12. The molecule has 2 nitrogen and oxygen atoms in total. The van der Waals surface area contributed by atoms with Gasteiger partial charge in [0, 0.05) is 19.1 Å². The molecule has 16 heavy (non-hydrogen) atoms. The summed E-state index contributed by atoms with van der Waals surface area (Å²) in [7, 11) is 2.19. The summed E-state index contributed by atoms with van der Waals surface area (Å²) in [6.45, 7) is 12.9. The maximum Gasteiger partial charge on any atom is 0.0104 e. The first-order valence-corrected chi connectivity index (χ1v) is 6.85. The van der Waals surface area contributed by atoms with Gasteiger partial charge in [-0.15, -0.1) is 0 Å². The Balaban J connectivity index is 2.26. The molecule has 2 heteroatoms. The van der Waals surface area contributed by atoms with Crippen LogP contribution < -0.4 is 5.32 Å². The summed E-state index contributed by atoms with van der Waals surface area (Å²) in [6, 6.07) is 0.740. The van der Waals surface area contributed by atoms with Crippen molar-refractivity contribution in [2.24, 2.45) is 11.3 Å². The van der Waals surface area contributed by atoms with Gasteiger partial charge in [-0.2, -0.15) is 0 Å². The van der Waals surface area contributed by atoms with E-state index >= 15 is 0 Å². The Kier molecular flexibility index (Phi) is 5.26. The first kappa shape index (κ1) is 14.0. The Hall–Kier alpha value is -0.0800. The smallest absolute Gasteiger partial charge is 0.0104 e. The predicted octanol–water partition coefficient (Wildman–Crippen LogP) is 2.74.